The molecule has 2 aromatic carbocycles. The van der Waals surface area contributed by atoms with Gasteiger partial charge in [0.05, 0.1) is 12.1 Å². The van der Waals surface area contributed by atoms with Crippen LogP contribution >= 0.6 is 11.3 Å². The lowest BCUT2D eigenvalue weighted by Crippen LogP contribution is -2.35. The van der Waals surface area contributed by atoms with Gasteiger partial charge < -0.3 is 4.90 Å². The van der Waals surface area contributed by atoms with Gasteiger partial charge in [0, 0.05) is 26.1 Å². The van der Waals surface area contributed by atoms with Crippen LogP contribution in [0.25, 0.3) is 11.1 Å². The summed E-state index contributed by atoms with van der Waals surface area (Å²) in [6.45, 7) is 3.16. The van der Waals surface area contributed by atoms with E-state index in [0.29, 0.717) is 31.1 Å². The van der Waals surface area contributed by atoms with Crippen molar-refractivity contribution in [3.63, 3.8) is 0 Å². The minimum atomic E-state index is -3.94. The van der Waals surface area contributed by atoms with Gasteiger partial charge in [-0.1, -0.05) is 65.9 Å². The van der Waals surface area contributed by atoms with E-state index in [1.807, 2.05) is 54.6 Å². The van der Waals surface area contributed by atoms with Crippen LogP contribution in [-0.4, -0.2) is 49.8 Å². The van der Waals surface area contributed by atoms with E-state index in [2.05, 4.69) is 4.98 Å². The minimum absolute atomic E-state index is 0.0489. The van der Waals surface area contributed by atoms with Crippen LogP contribution in [0.15, 0.2) is 58.8 Å². The Morgan fingerprint density at radius 2 is 1.80 bits per heavy atom. The first-order valence-electron chi connectivity index (χ1n) is 11.4. The molecule has 0 unspecified atom stereocenters. The summed E-state index contributed by atoms with van der Waals surface area (Å²) >= 11 is 0.897. The molecule has 1 fully saturated rings. The summed E-state index contributed by atoms with van der Waals surface area (Å²) in [6.07, 6.45) is 2.11. The summed E-state index contributed by atoms with van der Waals surface area (Å²) in [5.41, 5.74) is 3.26. The summed E-state index contributed by atoms with van der Waals surface area (Å²) in [6, 6.07) is 17.8. The topological polar surface area (TPSA) is 114 Å². The van der Waals surface area contributed by atoms with E-state index in [-0.39, 0.29) is 28.1 Å². The highest BCUT2D eigenvalue weighted by Gasteiger charge is 2.26. The molecule has 10 heteroatoms. The lowest BCUT2D eigenvalue weighted by Gasteiger charge is -2.22. The Kier molecular flexibility index (Phi) is 7.63. The number of hydrogen-bond acceptors (Lipinski definition) is 6. The van der Waals surface area contributed by atoms with Gasteiger partial charge in [0.25, 0.3) is 0 Å². The molecule has 0 atom stereocenters. The van der Waals surface area contributed by atoms with Gasteiger partial charge in [-0.3, -0.25) is 14.5 Å². The highest BCUT2D eigenvalue weighted by atomic mass is 32.2. The van der Waals surface area contributed by atoms with Crippen molar-refractivity contribution in [2.75, 3.05) is 24.5 Å². The van der Waals surface area contributed by atoms with Crippen LogP contribution in [0.4, 0.5) is 5.13 Å². The zero-order valence-corrected chi connectivity index (χ0v) is 21.1. The van der Waals surface area contributed by atoms with Crippen LogP contribution in [0.5, 0.6) is 0 Å². The van der Waals surface area contributed by atoms with Crippen LogP contribution in [0.1, 0.15) is 30.5 Å². The Hall–Kier alpha value is -3.08. The minimum Gasteiger partial charge on any atom is -0.343 e. The predicted octanol–water partition coefficient (Wildman–Crippen LogP) is 3.35. The van der Waals surface area contributed by atoms with E-state index >= 15 is 0 Å². The molecule has 35 heavy (non-hydrogen) atoms. The number of sulfonamides is 1. The fourth-order valence-corrected chi connectivity index (χ4v) is 6.14. The number of benzene rings is 2. The molecular formula is C25H28N4O4S2. The lowest BCUT2D eigenvalue weighted by atomic mass is 10.0. The smallest absolute Gasteiger partial charge is 0.249 e. The summed E-state index contributed by atoms with van der Waals surface area (Å²) < 4.78 is 23.8. The molecule has 0 radical (unpaired) electrons. The number of carbonyl (C=O) groups excluding carboxylic acids is 2. The second-order valence-corrected chi connectivity index (χ2v) is 11.3. The van der Waals surface area contributed by atoms with E-state index in [4.69, 9.17) is 5.14 Å². The molecule has 8 nitrogen and oxygen atoms in total. The van der Waals surface area contributed by atoms with Crippen molar-refractivity contribution in [1.82, 2.24) is 9.88 Å². The van der Waals surface area contributed by atoms with Gasteiger partial charge in [0.1, 0.15) is 0 Å². The Morgan fingerprint density at radius 1 is 1.11 bits per heavy atom. The first-order chi connectivity index (χ1) is 16.7. The number of amides is 2. The van der Waals surface area contributed by atoms with Gasteiger partial charge in [-0.2, -0.15) is 0 Å². The average Bonchev–Trinajstić information content (AvgIpc) is 3.42. The molecular weight excluding hydrogens is 484 g/mol. The summed E-state index contributed by atoms with van der Waals surface area (Å²) in [7, 11) is -3.94. The van der Waals surface area contributed by atoms with Crippen molar-refractivity contribution < 1.29 is 18.0 Å². The third-order valence-corrected chi connectivity index (χ3v) is 8.66. The predicted molar refractivity (Wildman–Crippen MR) is 137 cm³/mol. The van der Waals surface area contributed by atoms with Crippen molar-refractivity contribution >= 4 is 38.3 Å². The normalized spacial score (nSPS) is 13.9. The Morgan fingerprint density at radius 3 is 2.40 bits per heavy atom. The second kappa shape index (κ2) is 10.7. The molecule has 0 aliphatic carbocycles. The van der Waals surface area contributed by atoms with Crippen molar-refractivity contribution in [3.05, 3.63) is 65.9 Å². The van der Waals surface area contributed by atoms with Crippen LogP contribution in [0.3, 0.4) is 0 Å². The number of aryl methyl sites for hydroxylation is 1. The highest BCUT2D eigenvalue weighted by Crippen LogP contribution is 2.30. The molecule has 2 heterocycles. The van der Waals surface area contributed by atoms with E-state index in [0.717, 1.165) is 41.0 Å². The molecule has 0 spiro atoms. The molecule has 2 N–H and O–H groups in total. The summed E-state index contributed by atoms with van der Waals surface area (Å²) in [4.78, 5) is 33.0. The molecule has 184 valence electrons. The Bertz CT molecular complexity index is 1300. The SMILES string of the molecule is Cc1nc(N(CCCN2CCCC2=O)C(=O)Cc2ccc(-c3ccccc3)cc2)sc1S(N)(=O)=O. The number of nitrogens with two attached hydrogens (primary N) is 1. The van der Waals surface area contributed by atoms with E-state index in [1.165, 1.54) is 4.90 Å². The van der Waals surface area contributed by atoms with Gasteiger partial charge in [0.15, 0.2) is 9.34 Å². The van der Waals surface area contributed by atoms with Crippen LogP contribution in [-0.2, 0) is 26.0 Å². The van der Waals surface area contributed by atoms with E-state index in [1.54, 1.807) is 11.8 Å². The third-order valence-electron chi connectivity index (χ3n) is 5.93. The number of aromatic nitrogens is 1. The first-order valence-corrected chi connectivity index (χ1v) is 13.8. The lowest BCUT2D eigenvalue weighted by molar-refractivity contribution is -0.127. The summed E-state index contributed by atoms with van der Waals surface area (Å²) in [5.74, 6) is -0.0667. The monoisotopic (exact) mass is 512 g/mol. The number of primary sulfonamides is 1. The van der Waals surface area contributed by atoms with Gasteiger partial charge in [0.2, 0.25) is 21.8 Å². The van der Waals surface area contributed by atoms with Gasteiger partial charge >= 0.3 is 0 Å². The van der Waals surface area contributed by atoms with Gasteiger partial charge in [-0.25, -0.2) is 18.5 Å². The van der Waals surface area contributed by atoms with Crippen LogP contribution < -0.4 is 10.0 Å². The highest BCUT2D eigenvalue weighted by molar-refractivity contribution is 7.91. The van der Waals surface area contributed by atoms with Crippen LogP contribution in [0, 0.1) is 6.92 Å². The van der Waals surface area contributed by atoms with Crippen molar-refractivity contribution in [2.45, 2.75) is 36.8 Å². The quantitative estimate of drug-likeness (QED) is 0.472. The molecule has 3 aromatic rings. The molecule has 0 bridgehead atoms. The molecule has 4 rings (SSSR count). The number of likely N-dealkylation sites (tertiary alicyclic amines) is 1. The maximum absolute atomic E-state index is 13.4. The summed E-state index contributed by atoms with van der Waals surface area (Å²) in [5, 5.41) is 5.62. The number of anilines is 1. The fourth-order valence-electron chi connectivity index (χ4n) is 4.15. The first kappa shape index (κ1) is 25.0. The molecule has 1 aliphatic heterocycles. The van der Waals surface area contributed by atoms with E-state index < -0.39 is 10.0 Å². The largest absolute Gasteiger partial charge is 0.343 e. The molecule has 0 saturated carbocycles. The van der Waals surface area contributed by atoms with Crippen molar-refractivity contribution in [2.24, 2.45) is 5.14 Å². The third kappa shape index (κ3) is 6.14. The maximum Gasteiger partial charge on any atom is 0.249 e. The maximum atomic E-state index is 13.4. The molecule has 1 aromatic heterocycles. The van der Waals surface area contributed by atoms with Crippen molar-refractivity contribution in [1.29, 1.82) is 0 Å². The van der Waals surface area contributed by atoms with Crippen LogP contribution in [0.2, 0.25) is 0 Å². The van der Waals surface area contributed by atoms with Gasteiger partial charge in [-0.15, -0.1) is 0 Å². The Labute approximate surface area is 209 Å². The Balaban J connectivity index is 1.51. The zero-order valence-electron chi connectivity index (χ0n) is 19.5. The van der Waals surface area contributed by atoms with Crippen molar-refractivity contribution in [3.8, 4) is 11.1 Å². The number of nitrogens with zero attached hydrogens (tertiary/aromatic N) is 3. The van der Waals surface area contributed by atoms with Gasteiger partial charge in [-0.05, 0) is 36.5 Å². The zero-order chi connectivity index (χ0) is 25.0. The average molecular weight is 513 g/mol. The number of rotatable bonds is 9. The second-order valence-electron chi connectivity index (χ2n) is 8.54. The number of hydrogen-bond donors (Lipinski definition) is 1. The molecule has 1 saturated heterocycles. The standard InChI is InChI=1S/C25H28N4O4S2/c1-18-24(35(26,32)33)34-25(27-18)29(16-6-15-28-14-5-9-22(28)30)23(31)17-19-10-12-21(13-11-19)20-7-3-2-4-8-20/h2-4,7-8,10-13H,5-6,9,14-17H2,1H3,(H2,26,32,33). The number of carbonyl (C=O) groups is 2. The molecule has 1 aliphatic rings. The fraction of sp³-hybridized carbons (Fsp3) is 0.320. The van der Waals surface area contributed by atoms with E-state index in [9.17, 15) is 18.0 Å². The number of thiazole rings is 1. The molecule has 2 amide bonds.